The molecule has 0 amide bonds. The maximum absolute atomic E-state index is 8.80. The van der Waals surface area contributed by atoms with E-state index in [-0.39, 0.29) is 0 Å². The van der Waals surface area contributed by atoms with Gasteiger partial charge in [-0.05, 0) is 48.9 Å². The van der Waals surface area contributed by atoms with E-state index in [9.17, 15) is 0 Å². The highest BCUT2D eigenvalue weighted by Crippen LogP contribution is 2.28. The van der Waals surface area contributed by atoms with Crippen LogP contribution in [0.25, 0.3) is 22.8 Å². The molecule has 0 spiro atoms. The van der Waals surface area contributed by atoms with Crippen molar-refractivity contribution in [3.8, 4) is 28.9 Å². The van der Waals surface area contributed by atoms with Gasteiger partial charge in [-0.2, -0.15) is 10.2 Å². The molecular weight excluding hydrogens is 330 g/mol. The van der Waals surface area contributed by atoms with Gasteiger partial charge in [-0.25, -0.2) is 0 Å². The number of rotatable bonds is 2. The van der Waals surface area contributed by atoms with Crippen molar-refractivity contribution in [2.24, 2.45) is 0 Å². The van der Waals surface area contributed by atoms with E-state index in [1.807, 2.05) is 25.1 Å². The van der Waals surface area contributed by atoms with Crippen LogP contribution in [0, 0.1) is 18.3 Å². The Balaban J connectivity index is 1.97. The van der Waals surface area contributed by atoms with Crippen LogP contribution in [0.15, 0.2) is 51.5 Å². The second kappa shape index (κ2) is 5.51. The summed E-state index contributed by atoms with van der Waals surface area (Å²) in [6.07, 6.45) is 0. The number of hydrogen-bond acceptors (Lipinski definition) is 4. The molecule has 0 saturated heterocycles. The zero-order valence-corrected chi connectivity index (χ0v) is 12.8. The Morgan fingerprint density at radius 2 is 1.90 bits per heavy atom. The molecule has 0 fully saturated rings. The Labute approximate surface area is 130 Å². The maximum atomic E-state index is 8.80. The van der Waals surface area contributed by atoms with E-state index in [0.717, 1.165) is 21.2 Å². The molecule has 0 aliphatic heterocycles. The number of aryl methyl sites for hydroxylation is 1. The molecule has 0 N–H and O–H groups in total. The van der Waals surface area contributed by atoms with Crippen molar-refractivity contribution in [3.63, 3.8) is 0 Å². The van der Waals surface area contributed by atoms with E-state index >= 15 is 0 Å². The fourth-order valence-electron chi connectivity index (χ4n) is 1.94. The fourth-order valence-corrected chi connectivity index (χ4v) is 2.61. The Hall–Kier alpha value is -2.45. The summed E-state index contributed by atoms with van der Waals surface area (Å²) in [6.45, 7) is 2.02. The monoisotopic (exact) mass is 339 g/mol. The van der Waals surface area contributed by atoms with Gasteiger partial charge in [-0.3, -0.25) is 0 Å². The van der Waals surface area contributed by atoms with Gasteiger partial charge in [0.15, 0.2) is 0 Å². The van der Waals surface area contributed by atoms with E-state index in [0.29, 0.717) is 17.3 Å². The van der Waals surface area contributed by atoms with Gasteiger partial charge < -0.3 is 4.52 Å². The standard InChI is InChI=1S/C16H10BrN3O/c1-10-2-7-13(14(17)8-10)15-19-16(21-20-15)12-5-3-11(9-18)4-6-12/h2-8H,1H3. The van der Waals surface area contributed by atoms with Crippen molar-refractivity contribution in [3.05, 3.63) is 58.1 Å². The molecule has 0 unspecified atom stereocenters. The molecule has 0 aliphatic rings. The largest absolute Gasteiger partial charge is 0.334 e. The van der Waals surface area contributed by atoms with Crippen molar-refractivity contribution < 1.29 is 4.52 Å². The molecule has 21 heavy (non-hydrogen) atoms. The lowest BCUT2D eigenvalue weighted by Gasteiger charge is -1.99. The van der Waals surface area contributed by atoms with Gasteiger partial charge >= 0.3 is 0 Å². The quantitative estimate of drug-likeness (QED) is 0.696. The molecule has 5 heteroatoms. The van der Waals surface area contributed by atoms with Crippen LogP contribution in [0.1, 0.15) is 11.1 Å². The van der Waals surface area contributed by atoms with Gasteiger partial charge in [0.1, 0.15) is 0 Å². The lowest BCUT2D eigenvalue weighted by molar-refractivity contribution is 0.432. The third kappa shape index (κ3) is 2.71. The van der Waals surface area contributed by atoms with Crippen LogP contribution in [-0.2, 0) is 0 Å². The highest BCUT2D eigenvalue weighted by Gasteiger charge is 2.13. The van der Waals surface area contributed by atoms with Crippen LogP contribution in [0.5, 0.6) is 0 Å². The smallest absolute Gasteiger partial charge is 0.258 e. The molecular formula is C16H10BrN3O. The molecule has 0 aliphatic carbocycles. The van der Waals surface area contributed by atoms with Gasteiger partial charge in [-0.15, -0.1) is 0 Å². The number of halogens is 1. The summed E-state index contributed by atoms with van der Waals surface area (Å²) in [6, 6.07) is 15.1. The average molecular weight is 340 g/mol. The van der Waals surface area contributed by atoms with Gasteiger partial charge in [-0.1, -0.05) is 27.2 Å². The Morgan fingerprint density at radius 1 is 1.14 bits per heavy atom. The van der Waals surface area contributed by atoms with Crippen molar-refractivity contribution in [1.82, 2.24) is 10.1 Å². The zero-order valence-electron chi connectivity index (χ0n) is 11.2. The maximum Gasteiger partial charge on any atom is 0.258 e. The van der Waals surface area contributed by atoms with Crippen LogP contribution < -0.4 is 0 Å². The second-order valence-corrected chi connectivity index (χ2v) is 5.45. The Morgan fingerprint density at radius 3 is 2.57 bits per heavy atom. The minimum Gasteiger partial charge on any atom is -0.334 e. The molecule has 0 bridgehead atoms. The molecule has 3 rings (SSSR count). The lowest BCUT2D eigenvalue weighted by atomic mass is 10.1. The minimum absolute atomic E-state index is 0.432. The Kier molecular flexibility index (Phi) is 3.55. The summed E-state index contributed by atoms with van der Waals surface area (Å²) in [5.74, 6) is 0.961. The molecule has 3 aromatic rings. The number of nitriles is 1. The highest BCUT2D eigenvalue weighted by molar-refractivity contribution is 9.10. The molecule has 1 aromatic heterocycles. The van der Waals surface area contributed by atoms with Crippen molar-refractivity contribution in [1.29, 1.82) is 5.26 Å². The average Bonchev–Trinajstić information content (AvgIpc) is 2.97. The molecule has 0 saturated carbocycles. The van der Waals surface area contributed by atoms with Crippen LogP contribution in [-0.4, -0.2) is 10.1 Å². The third-order valence-electron chi connectivity index (χ3n) is 3.05. The SMILES string of the molecule is Cc1ccc(-c2noc(-c3ccc(C#N)cc3)n2)c(Br)c1. The third-order valence-corrected chi connectivity index (χ3v) is 3.71. The minimum atomic E-state index is 0.432. The van der Waals surface area contributed by atoms with Crippen molar-refractivity contribution in [2.45, 2.75) is 6.92 Å². The summed E-state index contributed by atoms with van der Waals surface area (Å²) in [5.41, 5.74) is 3.42. The van der Waals surface area contributed by atoms with Crippen molar-refractivity contribution in [2.75, 3.05) is 0 Å². The molecule has 1 heterocycles. The van der Waals surface area contributed by atoms with Crippen LogP contribution in [0.3, 0.4) is 0 Å². The normalized spacial score (nSPS) is 10.3. The highest BCUT2D eigenvalue weighted by atomic mass is 79.9. The van der Waals surface area contributed by atoms with Crippen LogP contribution in [0.2, 0.25) is 0 Å². The molecule has 102 valence electrons. The summed E-state index contributed by atoms with van der Waals surface area (Å²) in [4.78, 5) is 4.41. The summed E-state index contributed by atoms with van der Waals surface area (Å²) >= 11 is 3.51. The lowest BCUT2D eigenvalue weighted by Crippen LogP contribution is -1.84. The van der Waals surface area contributed by atoms with E-state index in [4.69, 9.17) is 9.78 Å². The van der Waals surface area contributed by atoms with Crippen LogP contribution in [0.4, 0.5) is 0 Å². The van der Waals surface area contributed by atoms with E-state index in [1.165, 1.54) is 0 Å². The van der Waals surface area contributed by atoms with Gasteiger partial charge in [0.2, 0.25) is 5.82 Å². The molecule has 2 aromatic carbocycles. The first-order valence-electron chi connectivity index (χ1n) is 6.28. The molecule has 0 atom stereocenters. The first-order valence-corrected chi connectivity index (χ1v) is 7.07. The fraction of sp³-hybridized carbons (Fsp3) is 0.0625. The molecule has 0 radical (unpaired) electrons. The summed E-state index contributed by atoms with van der Waals surface area (Å²) in [5, 5.41) is 12.8. The van der Waals surface area contributed by atoms with Gasteiger partial charge in [0.25, 0.3) is 5.89 Å². The number of nitrogens with zero attached hydrogens (tertiary/aromatic N) is 3. The first kappa shape index (κ1) is 13.5. The van der Waals surface area contributed by atoms with E-state index in [2.05, 4.69) is 32.1 Å². The number of hydrogen-bond donors (Lipinski definition) is 0. The van der Waals surface area contributed by atoms with E-state index in [1.54, 1.807) is 24.3 Å². The topological polar surface area (TPSA) is 62.7 Å². The van der Waals surface area contributed by atoms with Gasteiger partial charge in [0.05, 0.1) is 11.6 Å². The van der Waals surface area contributed by atoms with Crippen LogP contribution >= 0.6 is 15.9 Å². The summed E-state index contributed by atoms with van der Waals surface area (Å²) < 4.78 is 6.22. The van der Waals surface area contributed by atoms with E-state index < -0.39 is 0 Å². The first-order chi connectivity index (χ1) is 10.2. The Bertz CT molecular complexity index is 831. The zero-order chi connectivity index (χ0) is 14.8. The predicted octanol–water partition coefficient (Wildman–Crippen LogP) is 4.35. The molecule has 4 nitrogen and oxygen atoms in total. The summed E-state index contributed by atoms with van der Waals surface area (Å²) in [7, 11) is 0. The van der Waals surface area contributed by atoms with Gasteiger partial charge in [0, 0.05) is 15.6 Å². The second-order valence-electron chi connectivity index (χ2n) is 4.60. The number of aromatic nitrogens is 2. The van der Waals surface area contributed by atoms with Crippen molar-refractivity contribution >= 4 is 15.9 Å². The number of benzene rings is 2. The predicted molar refractivity (Wildman–Crippen MR) is 82.3 cm³/mol.